The van der Waals surface area contributed by atoms with Gasteiger partial charge in [0.1, 0.15) is 17.2 Å². The van der Waals surface area contributed by atoms with Crippen molar-refractivity contribution in [3.63, 3.8) is 0 Å². The van der Waals surface area contributed by atoms with E-state index in [-0.39, 0.29) is 16.8 Å². The van der Waals surface area contributed by atoms with Crippen molar-refractivity contribution in [1.82, 2.24) is 10.2 Å². The molecule has 3 heterocycles. The lowest BCUT2D eigenvalue weighted by atomic mass is 9.98. The smallest absolute Gasteiger partial charge is 0.297 e. The van der Waals surface area contributed by atoms with Gasteiger partial charge >= 0.3 is 0 Å². The third-order valence-electron chi connectivity index (χ3n) is 6.24. The topological polar surface area (TPSA) is 94.8 Å². The lowest BCUT2D eigenvalue weighted by Gasteiger charge is -2.23. The zero-order valence-corrected chi connectivity index (χ0v) is 20.8. The molecule has 1 amide bonds. The second-order valence-corrected chi connectivity index (χ2v) is 9.70. The van der Waals surface area contributed by atoms with Crippen molar-refractivity contribution in [2.75, 3.05) is 12.0 Å². The molecule has 9 heteroatoms. The second kappa shape index (κ2) is 9.18. The van der Waals surface area contributed by atoms with E-state index >= 15 is 0 Å². The van der Waals surface area contributed by atoms with Gasteiger partial charge in [0.2, 0.25) is 10.9 Å². The Morgan fingerprint density at radius 2 is 1.76 bits per heavy atom. The van der Waals surface area contributed by atoms with E-state index in [1.807, 2.05) is 43.3 Å². The first-order valence-electron chi connectivity index (χ1n) is 11.6. The Morgan fingerprint density at radius 3 is 2.51 bits per heavy atom. The second-order valence-electron chi connectivity index (χ2n) is 8.54. The summed E-state index contributed by atoms with van der Waals surface area (Å²) in [5, 5.41) is 9.77. The van der Waals surface area contributed by atoms with Crippen molar-refractivity contribution in [1.29, 1.82) is 0 Å². The summed E-state index contributed by atoms with van der Waals surface area (Å²) in [7, 11) is 1.55. The molecule has 3 aromatic carbocycles. The monoisotopic (exact) mass is 511 g/mol. The van der Waals surface area contributed by atoms with Crippen LogP contribution in [-0.2, 0) is 6.61 Å². The highest BCUT2D eigenvalue weighted by molar-refractivity contribution is 7.15. The molecule has 37 heavy (non-hydrogen) atoms. The number of hydrogen-bond donors (Lipinski definition) is 0. The molecule has 0 bridgehead atoms. The van der Waals surface area contributed by atoms with Gasteiger partial charge in [-0.15, -0.1) is 10.2 Å². The lowest BCUT2D eigenvalue weighted by molar-refractivity contribution is 0.0970. The number of nitrogens with zero attached hydrogens (tertiary/aromatic N) is 3. The molecule has 0 fully saturated rings. The van der Waals surface area contributed by atoms with Crippen LogP contribution in [0.1, 0.15) is 38.3 Å². The number of aromatic nitrogens is 2. The molecular formula is C28H21N3O5S. The van der Waals surface area contributed by atoms with Crippen molar-refractivity contribution < 1.29 is 18.7 Å². The molecular weight excluding hydrogens is 490 g/mol. The summed E-state index contributed by atoms with van der Waals surface area (Å²) >= 11 is 1.27. The van der Waals surface area contributed by atoms with E-state index in [4.69, 9.17) is 13.9 Å². The number of ether oxygens (including phenoxy) is 2. The zero-order valence-electron chi connectivity index (χ0n) is 20.0. The Morgan fingerprint density at radius 1 is 0.973 bits per heavy atom. The van der Waals surface area contributed by atoms with E-state index in [0.717, 1.165) is 5.56 Å². The van der Waals surface area contributed by atoms with E-state index in [1.165, 1.54) is 16.2 Å². The van der Waals surface area contributed by atoms with E-state index < -0.39 is 11.9 Å². The molecule has 6 rings (SSSR count). The fourth-order valence-electron chi connectivity index (χ4n) is 4.52. The Hall–Kier alpha value is -4.50. The van der Waals surface area contributed by atoms with Crippen LogP contribution in [0.3, 0.4) is 0 Å². The van der Waals surface area contributed by atoms with Gasteiger partial charge in [0.15, 0.2) is 16.9 Å². The number of para-hydroxylation sites is 1. The third-order valence-corrected chi connectivity index (χ3v) is 7.08. The summed E-state index contributed by atoms with van der Waals surface area (Å²) < 4.78 is 17.6. The Labute approximate surface area is 215 Å². The maximum Gasteiger partial charge on any atom is 0.297 e. The molecule has 2 aromatic heterocycles. The summed E-state index contributed by atoms with van der Waals surface area (Å²) in [6, 6.07) is 21.3. The van der Waals surface area contributed by atoms with Gasteiger partial charge in [0, 0.05) is 0 Å². The Balaban J connectivity index is 1.48. The standard InChI is InChI=1S/C28H21N3O5S/c1-16-29-30-28(37-16)31-24(23-25(32)19-10-6-7-11-20(19)36-26(23)27(31)33)18-12-13-21(22(14-18)34-2)35-15-17-8-4-3-5-9-17/h3-14,24H,15H2,1-2H3/t24-/m1/s1. The van der Waals surface area contributed by atoms with Gasteiger partial charge in [-0.3, -0.25) is 14.5 Å². The molecule has 5 aromatic rings. The largest absolute Gasteiger partial charge is 0.493 e. The maximum absolute atomic E-state index is 13.7. The van der Waals surface area contributed by atoms with Crippen LogP contribution in [0.4, 0.5) is 5.13 Å². The molecule has 0 saturated heterocycles. The lowest BCUT2D eigenvalue weighted by Crippen LogP contribution is -2.29. The number of anilines is 1. The van der Waals surface area contributed by atoms with Crippen molar-refractivity contribution in [2.24, 2.45) is 0 Å². The first-order valence-corrected chi connectivity index (χ1v) is 12.4. The molecule has 0 radical (unpaired) electrons. The number of rotatable bonds is 6. The molecule has 1 aliphatic heterocycles. The van der Waals surface area contributed by atoms with Crippen molar-refractivity contribution in [3.8, 4) is 11.5 Å². The van der Waals surface area contributed by atoms with Crippen molar-refractivity contribution in [2.45, 2.75) is 19.6 Å². The van der Waals surface area contributed by atoms with Gasteiger partial charge in [-0.1, -0.05) is 59.9 Å². The number of fused-ring (bicyclic) bond motifs is 2. The average Bonchev–Trinajstić information content (AvgIpc) is 3.48. The summed E-state index contributed by atoms with van der Waals surface area (Å²) in [4.78, 5) is 28.8. The highest BCUT2D eigenvalue weighted by Crippen LogP contribution is 2.44. The van der Waals surface area contributed by atoms with Crippen LogP contribution in [0, 0.1) is 6.92 Å². The number of carbonyl (C=O) groups excluding carboxylic acids is 1. The minimum absolute atomic E-state index is 0.00456. The maximum atomic E-state index is 13.7. The van der Waals surface area contributed by atoms with Crippen LogP contribution in [0.2, 0.25) is 0 Å². The highest BCUT2D eigenvalue weighted by Gasteiger charge is 2.45. The van der Waals surface area contributed by atoms with Crippen LogP contribution in [-0.4, -0.2) is 23.2 Å². The summed E-state index contributed by atoms with van der Waals surface area (Å²) in [6.45, 7) is 2.18. The first-order chi connectivity index (χ1) is 18.0. The normalized spacial score (nSPS) is 14.7. The van der Waals surface area contributed by atoms with Crippen LogP contribution >= 0.6 is 11.3 Å². The van der Waals surface area contributed by atoms with Crippen molar-refractivity contribution >= 4 is 33.3 Å². The fraction of sp³-hybridized carbons (Fsp3) is 0.143. The van der Waals surface area contributed by atoms with Crippen LogP contribution in [0.25, 0.3) is 11.0 Å². The highest BCUT2D eigenvalue weighted by atomic mass is 32.1. The van der Waals surface area contributed by atoms with Gasteiger partial charge in [-0.25, -0.2) is 0 Å². The quantitative estimate of drug-likeness (QED) is 0.306. The molecule has 1 atom stereocenters. The van der Waals surface area contributed by atoms with Gasteiger partial charge in [-0.2, -0.15) is 0 Å². The van der Waals surface area contributed by atoms with Gasteiger partial charge in [-0.05, 0) is 42.3 Å². The van der Waals surface area contributed by atoms with Gasteiger partial charge in [0.05, 0.1) is 24.1 Å². The zero-order chi connectivity index (χ0) is 25.5. The number of carbonyl (C=O) groups is 1. The van der Waals surface area contributed by atoms with Crippen LogP contribution in [0.15, 0.2) is 82.0 Å². The number of aryl methyl sites for hydroxylation is 1. The molecule has 184 valence electrons. The summed E-state index contributed by atoms with van der Waals surface area (Å²) in [5.74, 6) is 0.587. The fourth-order valence-corrected chi connectivity index (χ4v) is 5.24. The molecule has 0 spiro atoms. The minimum atomic E-state index is -0.771. The van der Waals surface area contributed by atoms with Crippen LogP contribution < -0.4 is 19.8 Å². The number of methoxy groups -OCH3 is 1. The predicted octanol–water partition coefficient (Wildman–Crippen LogP) is 5.29. The number of hydrogen-bond acceptors (Lipinski definition) is 8. The average molecular weight is 512 g/mol. The summed E-state index contributed by atoms with van der Waals surface area (Å²) in [5.41, 5.74) is 2.03. The number of amides is 1. The molecule has 8 nitrogen and oxygen atoms in total. The summed E-state index contributed by atoms with van der Waals surface area (Å²) in [6.07, 6.45) is 0. The van der Waals surface area contributed by atoms with Gasteiger partial charge < -0.3 is 13.9 Å². The molecule has 0 saturated carbocycles. The molecule has 0 aliphatic carbocycles. The Bertz CT molecular complexity index is 1700. The van der Waals surface area contributed by atoms with Gasteiger partial charge in [0.25, 0.3) is 5.91 Å². The SMILES string of the molecule is COc1cc([C@@H]2c3c(oc4ccccc4c3=O)C(=O)N2c2nnc(C)s2)ccc1OCc1ccccc1. The van der Waals surface area contributed by atoms with E-state index in [0.29, 0.717) is 44.8 Å². The molecule has 1 aliphatic rings. The van der Waals surface area contributed by atoms with E-state index in [2.05, 4.69) is 10.2 Å². The first kappa shape index (κ1) is 22.9. The molecule has 0 unspecified atom stereocenters. The number of benzene rings is 3. The van der Waals surface area contributed by atoms with E-state index in [1.54, 1.807) is 43.5 Å². The van der Waals surface area contributed by atoms with E-state index in [9.17, 15) is 9.59 Å². The van der Waals surface area contributed by atoms with Crippen LogP contribution in [0.5, 0.6) is 11.5 Å². The molecule has 0 N–H and O–H groups in total. The Kier molecular flexibility index (Phi) is 5.69. The van der Waals surface area contributed by atoms with Crippen molar-refractivity contribution in [3.05, 3.63) is 110 Å². The predicted molar refractivity (Wildman–Crippen MR) is 140 cm³/mol. The minimum Gasteiger partial charge on any atom is -0.493 e. The third kappa shape index (κ3) is 3.93.